The largest absolute Gasteiger partial charge is 0.466 e. The molecule has 1 rings (SSSR count). The van der Waals surface area contributed by atoms with Crippen molar-refractivity contribution in [1.29, 1.82) is 0 Å². The molecule has 0 radical (unpaired) electrons. The van der Waals surface area contributed by atoms with Crippen LogP contribution in [-0.2, 0) is 20.9 Å². The van der Waals surface area contributed by atoms with E-state index in [9.17, 15) is 4.79 Å². The van der Waals surface area contributed by atoms with Crippen LogP contribution in [0.3, 0.4) is 0 Å². The average molecular weight is 312 g/mol. The average Bonchev–Trinajstić information content (AvgIpc) is 2.59. The first-order valence-electron chi connectivity index (χ1n) is 5.59. The molecule has 0 bridgehead atoms. The minimum absolute atomic E-state index is 0.0546. The molecular weight excluding hydrogens is 295 g/mol. The molecule has 0 aliphatic carbocycles. The van der Waals surface area contributed by atoms with Gasteiger partial charge in [0.05, 0.1) is 19.3 Å². The van der Waals surface area contributed by atoms with E-state index in [2.05, 4.69) is 5.10 Å². The van der Waals surface area contributed by atoms with Gasteiger partial charge in [0, 0.05) is 0 Å². The molecule has 0 atom stereocenters. The molecule has 1 heterocycles. The maximum atomic E-state index is 11.9. The van der Waals surface area contributed by atoms with Crippen LogP contribution in [0.5, 0.6) is 5.19 Å². The van der Waals surface area contributed by atoms with Crippen LogP contribution in [0, 0.1) is 0 Å². The van der Waals surface area contributed by atoms with Gasteiger partial charge in [0.2, 0.25) is 0 Å². The lowest BCUT2D eigenvalue weighted by molar-refractivity contribution is 0.233. The third-order valence-electron chi connectivity index (χ3n) is 1.67. The third kappa shape index (κ3) is 3.86. The summed E-state index contributed by atoms with van der Waals surface area (Å²) in [5.41, 5.74) is 0. The van der Waals surface area contributed by atoms with E-state index < -0.39 is 6.64 Å². The Bertz CT molecular complexity index is 475. The number of hydrogen-bond acceptors (Lipinski definition) is 7. The van der Waals surface area contributed by atoms with Gasteiger partial charge in [-0.25, -0.2) is 0 Å². The number of aromatic nitrogens is 2. The predicted molar refractivity (Wildman–Crippen MR) is 75.1 cm³/mol. The van der Waals surface area contributed by atoms with E-state index >= 15 is 0 Å². The second-order valence-electron chi connectivity index (χ2n) is 3.49. The van der Waals surface area contributed by atoms with Crippen molar-refractivity contribution >= 4 is 29.8 Å². The molecule has 1 aromatic rings. The minimum Gasteiger partial charge on any atom is -0.466 e. The van der Waals surface area contributed by atoms with Crippen LogP contribution >= 0.6 is 18.0 Å². The molecule has 0 aromatic carbocycles. The fraction of sp³-hybridized carbons (Fsp3) is 0.778. The van der Waals surface area contributed by atoms with E-state index in [0.717, 1.165) is 15.8 Å². The van der Waals surface area contributed by atoms with Gasteiger partial charge in [-0.2, -0.15) is 0 Å². The summed E-state index contributed by atoms with van der Waals surface area (Å²) in [4.78, 5) is 11.5. The number of nitrogens with zero attached hydrogens (tertiary/aromatic N) is 2. The van der Waals surface area contributed by atoms with E-state index in [-0.39, 0.29) is 16.2 Å². The quantitative estimate of drug-likeness (QED) is 0.720. The van der Waals surface area contributed by atoms with Crippen molar-refractivity contribution in [3.63, 3.8) is 0 Å². The van der Waals surface area contributed by atoms with Crippen molar-refractivity contribution in [3.05, 3.63) is 9.67 Å². The lowest BCUT2D eigenvalue weighted by Gasteiger charge is -2.19. The Labute approximate surface area is 115 Å². The molecule has 0 aliphatic heterocycles. The van der Waals surface area contributed by atoms with E-state index in [1.54, 1.807) is 13.8 Å². The monoisotopic (exact) mass is 312 g/mol. The maximum Gasteiger partial charge on any atom is 0.336 e. The van der Waals surface area contributed by atoms with Crippen molar-refractivity contribution in [2.75, 3.05) is 13.2 Å². The summed E-state index contributed by atoms with van der Waals surface area (Å²) in [5.74, 6) is 0. The fourth-order valence-corrected chi connectivity index (χ4v) is 4.73. The first-order valence-corrected chi connectivity index (χ1v) is 9.00. The lowest BCUT2D eigenvalue weighted by Crippen LogP contribution is -2.16. The second kappa shape index (κ2) is 6.77. The Morgan fingerprint density at radius 3 is 2.39 bits per heavy atom. The molecule has 1 aromatic heterocycles. The normalized spacial score (nSPS) is 12.1. The maximum absolute atomic E-state index is 11.9. The van der Waals surface area contributed by atoms with Crippen molar-refractivity contribution in [3.8, 4) is 5.19 Å². The summed E-state index contributed by atoms with van der Waals surface area (Å²) in [7, 11) is 0. The Morgan fingerprint density at radius 1 is 1.39 bits per heavy atom. The fourth-order valence-electron chi connectivity index (χ4n) is 1.13. The molecule has 0 fully saturated rings. The van der Waals surface area contributed by atoms with Crippen molar-refractivity contribution < 1.29 is 13.8 Å². The molecule has 0 spiro atoms. The molecular formula is C9H17N2O4PS2. The Kier molecular flexibility index (Phi) is 5.94. The smallest absolute Gasteiger partial charge is 0.336 e. The molecule has 9 heteroatoms. The molecule has 0 saturated carbocycles. The first-order chi connectivity index (χ1) is 8.42. The Hall–Kier alpha value is -0.270. The predicted octanol–water partition coefficient (Wildman–Crippen LogP) is 2.24. The molecule has 0 saturated heterocycles. The van der Waals surface area contributed by atoms with E-state index in [0.29, 0.717) is 13.2 Å². The molecule has 0 aliphatic rings. The number of rotatable bonds is 7. The van der Waals surface area contributed by atoms with Crippen LogP contribution < -0.4 is 9.61 Å². The van der Waals surface area contributed by atoms with Crippen molar-refractivity contribution in [1.82, 2.24) is 9.55 Å². The summed E-state index contributed by atoms with van der Waals surface area (Å²) < 4.78 is 17.3. The van der Waals surface area contributed by atoms with Crippen LogP contribution in [-0.4, -0.2) is 28.9 Å². The molecule has 0 unspecified atom stereocenters. The first kappa shape index (κ1) is 15.8. The van der Waals surface area contributed by atoms with E-state index in [4.69, 9.17) is 25.6 Å². The zero-order valence-electron chi connectivity index (χ0n) is 10.8. The molecule has 18 heavy (non-hydrogen) atoms. The molecule has 6 nitrogen and oxygen atoms in total. The van der Waals surface area contributed by atoms with Gasteiger partial charge in [0.15, 0.2) is 0 Å². The SMILES string of the molecule is CCOP(=S)(OCC)n1nc(OC(C)C)sc1=O. The van der Waals surface area contributed by atoms with Gasteiger partial charge in [-0.1, -0.05) is 0 Å². The van der Waals surface area contributed by atoms with E-state index in [1.807, 2.05) is 13.8 Å². The summed E-state index contributed by atoms with van der Waals surface area (Å²) in [6.45, 7) is 5.16. The van der Waals surface area contributed by atoms with Gasteiger partial charge in [-0.3, -0.25) is 4.79 Å². The van der Waals surface area contributed by atoms with Gasteiger partial charge >= 0.3 is 11.5 Å². The van der Waals surface area contributed by atoms with Crippen LogP contribution in [0.4, 0.5) is 0 Å². The summed E-state index contributed by atoms with van der Waals surface area (Å²) in [6, 6.07) is 0. The summed E-state index contributed by atoms with van der Waals surface area (Å²) in [5, 5.41) is 4.34. The van der Waals surface area contributed by atoms with Crippen LogP contribution in [0.2, 0.25) is 0 Å². The molecule has 104 valence electrons. The van der Waals surface area contributed by atoms with Crippen LogP contribution in [0.25, 0.3) is 0 Å². The Balaban J connectivity index is 3.09. The lowest BCUT2D eigenvalue weighted by atomic mass is 10.5. The van der Waals surface area contributed by atoms with Gasteiger partial charge < -0.3 is 13.8 Å². The van der Waals surface area contributed by atoms with Crippen LogP contribution in [0.15, 0.2) is 4.79 Å². The highest BCUT2D eigenvalue weighted by atomic mass is 32.5. The summed E-state index contributed by atoms with van der Waals surface area (Å²) in [6.07, 6.45) is -0.0546. The number of hydrogen-bond donors (Lipinski definition) is 0. The van der Waals surface area contributed by atoms with Gasteiger partial charge in [0.1, 0.15) is 0 Å². The second-order valence-corrected chi connectivity index (χ2v) is 7.61. The van der Waals surface area contributed by atoms with Gasteiger partial charge in [0.25, 0.3) is 5.19 Å². The van der Waals surface area contributed by atoms with Gasteiger partial charge in [-0.05, 0) is 50.8 Å². The standard InChI is InChI=1S/C9H17N2O4PS2/c1-5-13-16(17,14-6-2)11-9(12)18-8(10-11)15-7(3)4/h7H,5-6H2,1-4H3. The van der Waals surface area contributed by atoms with Crippen molar-refractivity contribution in [2.24, 2.45) is 0 Å². The number of ether oxygens (including phenoxy) is 1. The zero-order valence-corrected chi connectivity index (χ0v) is 13.3. The molecule has 0 amide bonds. The van der Waals surface area contributed by atoms with E-state index in [1.165, 1.54) is 0 Å². The minimum atomic E-state index is -2.88. The van der Waals surface area contributed by atoms with Crippen molar-refractivity contribution in [2.45, 2.75) is 33.8 Å². The Morgan fingerprint density at radius 2 is 1.94 bits per heavy atom. The zero-order chi connectivity index (χ0) is 13.8. The molecule has 0 N–H and O–H groups in total. The summed E-state index contributed by atoms with van der Waals surface area (Å²) >= 11 is 6.20. The highest BCUT2D eigenvalue weighted by Gasteiger charge is 2.26. The topological polar surface area (TPSA) is 62.6 Å². The van der Waals surface area contributed by atoms with Gasteiger partial charge in [-0.15, -0.1) is 9.55 Å². The van der Waals surface area contributed by atoms with Crippen LogP contribution in [0.1, 0.15) is 27.7 Å². The highest BCUT2D eigenvalue weighted by molar-refractivity contribution is 8.09. The third-order valence-corrected chi connectivity index (χ3v) is 5.50. The highest BCUT2D eigenvalue weighted by Crippen LogP contribution is 2.48.